The summed E-state index contributed by atoms with van der Waals surface area (Å²) in [6, 6.07) is 8.93. The zero-order valence-corrected chi connectivity index (χ0v) is 22.1. The number of morpholine rings is 1. The number of ether oxygens (including phenoxy) is 1. The minimum atomic E-state index is 0. The summed E-state index contributed by atoms with van der Waals surface area (Å²) in [5.74, 6) is 2.55. The van der Waals surface area contributed by atoms with Crippen LogP contribution in [0, 0.1) is 6.92 Å². The molecule has 1 atom stereocenters. The maximum atomic E-state index is 5.43. The third-order valence-electron chi connectivity index (χ3n) is 5.85. The van der Waals surface area contributed by atoms with Gasteiger partial charge < -0.3 is 19.9 Å². The molecule has 0 amide bonds. The molecule has 1 aliphatic rings. The number of rotatable bonds is 9. The van der Waals surface area contributed by atoms with Crippen molar-refractivity contribution in [1.29, 1.82) is 0 Å². The highest BCUT2D eigenvalue weighted by Crippen LogP contribution is 2.14. The van der Waals surface area contributed by atoms with Gasteiger partial charge in [0.25, 0.3) is 0 Å². The normalized spacial score (nSPS) is 15.8. The van der Waals surface area contributed by atoms with Crippen molar-refractivity contribution in [2.75, 3.05) is 39.4 Å². The van der Waals surface area contributed by atoms with E-state index < -0.39 is 0 Å². The highest BCUT2D eigenvalue weighted by Gasteiger charge is 2.12. The molecule has 178 valence electrons. The van der Waals surface area contributed by atoms with E-state index in [1.165, 1.54) is 11.1 Å². The molecule has 0 radical (unpaired) electrons. The molecular formula is C23H38IN7O. The summed E-state index contributed by atoms with van der Waals surface area (Å²) in [4.78, 5) is 7.24. The Hall–Kier alpha value is -1.72. The van der Waals surface area contributed by atoms with Gasteiger partial charge in [0, 0.05) is 26.7 Å². The average molecular weight is 556 g/mol. The number of nitrogens with one attached hydrogen (secondary N) is 2. The maximum absolute atomic E-state index is 5.43. The molecule has 3 rings (SSSR count). The van der Waals surface area contributed by atoms with Crippen LogP contribution in [-0.2, 0) is 24.8 Å². The second kappa shape index (κ2) is 13.7. The van der Waals surface area contributed by atoms with Gasteiger partial charge in [0.05, 0.1) is 19.3 Å². The Morgan fingerprint density at radius 3 is 2.53 bits per heavy atom. The van der Waals surface area contributed by atoms with Crippen molar-refractivity contribution in [1.82, 2.24) is 30.3 Å². The molecule has 2 heterocycles. The minimum absolute atomic E-state index is 0. The zero-order valence-electron chi connectivity index (χ0n) is 19.8. The van der Waals surface area contributed by atoms with Crippen LogP contribution < -0.4 is 10.6 Å². The van der Waals surface area contributed by atoms with Gasteiger partial charge in [0.2, 0.25) is 0 Å². The smallest absolute Gasteiger partial charge is 0.192 e. The van der Waals surface area contributed by atoms with Gasteiger partial charge in [-0.25, -0.2) is 4.99 Å². The molecule has 0 bridgehead atoms. The lowest BCUT2D eigenvalue weighted by molar-refractivity contribution is 0.0376. The first-order valence-corrected chi connectivity index (χ1v) is 11.4. The number of aliphatic imine (C=N–C) groups is 1. The molecule has 1 fully saturated rings. The van der Waals surface area contributed by atoms with Crippen LogP contribution in [0.2, 0.25) is 0 Å². The number of nitrogens with zero attached hydrogens (tertiary/aromatic N) is 5. The Morgan fingerprint density at radius 1 is 1.19 bits per heavy atom. The highest BCUT2D eigenvalue weighted by atomic mass is 127. The Labute approximate surface area is 209 Å². The van der Waals surface area contributed by atoms with Gasteiger partial charge in [0.1, 0.15) is 12.4 Å². The molecule has 32 heavy (non-hydrogen) atoms. The summed E-state index contributed by atoms with van der Waals surface area (Å²) in [5, 5.41) is 15.4. The number of aromatic nitrogens is 3. The molecular weight excluding hydrogens is 517 g/mol. The van der Waals surface area contributed by atoms with E-state index in [1.807, 2.05) is 18.5 Å². The lowest BCUT2D eigenvalue weighted by Gasteiger charge is -2.26. The van der Waals surface area contributed by atoms with Crippen molar-refractivity contribution in [3.63, 3.8) is 0 Å². The van der Waals surface area contributed by atoms with Gasteiger partial charge in [-0.2, -0.15) is 0 Å². The molecule has 0 saturated carbocycles. The Morgan fingerprint density at radius 2 is 1.91 bits per heavy atom. The fraction of sp³-hybridized carbons (Fsp3) is 0.609. The Kier molecular flexibility index (Phi) is 11.4. The second-order valence-corrected chi connectivity index (χ2v) is 8.08. The fourth-order valence-electron chi connectivity index (χ4n) is 3.56. The molecule has 1 aromatic carbocycles. The van der Waals surface area contributed by atoms with Crippen molar-refractivity contribution in [2.45, 2.75) is 46.2 Å². The number of halogens is 1. The van der Waals surface area contributed by atoms with Crippen LogP contribution >= 0.6 is 24.0 Å². The van der Waals surface area contributed by atoms with Gasteiger partial charge in [-0.15, -0.1) is 34.2 Å². The van der Waals surface area contributed by atoms with E-state index in [0.717, 1.165) is 69.8 Å². The average Bonchev–Trinajstić information content (AvgIpc) is 3.13. The molecule has 9 heteroatoms. The van der Waals surface area contributed by atoms with Crippen LogP contribution in [0.3, 0.4) is 0 Å². The number of hydrogen-bond acceptors (Lipinski definition) is 5. The summed E-state index contributed by atoms with van der Waals surface area (Å²) in [6.07, 6.45) is 2.11. The minimum Gasteiger partial charge on any atom is -0.379 e. The number of guanidine groups is 1. The van der Waals surface area contributed by atoms with Crippen molar-refractivity contribution in [3.05, 3.63) is 47.0 Å². The van der Waals surface area contributed by atoms with Crippen LogP contribution in [-0.4, -0.2) is 65.0 Å². The maximum Gasteiger partial charge on any atom is 0.192 e. The van der Waals surface area contributed by atoms with Crippen LogP contribution in [0.1, 0.15) is 49.1 Å². The van der Waals surface area contributed by atoms with Crippen LogP contribution in [0.25, 0.3) is 0 Å². The third kappa shape index (κ3) is 8.00. The van der Waals surface area contributed by atoms with Gasteiger partial charge in [-0.05, 0) is 44.4 Å². The van der Waals surface area contributed by atoms with Crippen molar-refractivity contribution in [2.24, 2.45) is 12.0 Å². The molecule has 1 unspecified atom stereocenters. The largest absolute Gasteiger partial charge is 0.379 e. The number of hydrogen-bond donors (Lipinski definition) is 2. The molecule has 8 nitrogen and oxygen atoms in total. The van der Waals surface area contributed by atoms with E-state index in [1.54, 1.807) is 0 Å². The van der Waals surface area contributed by atoms with Gasteiger partial charge in [0.15, 0.2) is 11.8 Å². The molecule has 1 saturated heterocycles. The monoisotopic (exact) mass is 555 g/mol. The fourth-order valence-corrected chi connectivity index (χ4v) is 3.56. The predicted octanol–water partition coefficient (Wildman–Crippen LogP) is 2.82. The second-order valence-electron chi connectivity index (χ2n) is 8.08. The lowest BCUT2D eigenvalue weighted by atomic mass is 10.1. The summed E-state index contributed by atoms with van der Waals surface area (Å²) < 4.78 is 7.41. The molecule has 2 aromatic rings. The number of benzene rings is 1. The Bertz CT molecular complexity index is 831. The first-order valence-electron chi connectivity index (χ1n) is 11.4. The SMILES string of the molecule is CCc1ccc(C(C)NC(=NCc2nnc(C)n2C)NCCCN2CCOCC2)cc1.I. The molecule has 0 spiro atoms. The van der Waals surface area contributed by atoms with Crippen LogP contribution in [0.5, 0.6) is 0 Å². The highest BCUT2D eigenvalue weighted by molar-refractivity contribution is 14.0. The van der Waals surface area contributed by atoms with Crippen molar-refractivity contribution >= 4 is 29.9 Å². The van der Waals surface area contributed by atoms with E-state index in [9.17, 15) is 0 Å². The van der Waals surface area contributed by atoms with E-state index in [4.69, 9.17) is 9.73 Å². The van der Waals surface area contributed by atoms with E-state index >= 15 is 0 Å². The standard InChI is InChI=1S/C23H37N7O.HI/c1-5-20-7-9-21(10-8-20)18(2)26-23(25-17-22-28-27-19(3)29(22)4)24-11-6-12-30-13-15-31-16-14-30;/h7-10,18H,5-6,11-17H2,1-4H3,(H2,24,25,26);1H. The first-order chi connectivity index (χ1) is 15.1. The summed E-state index contributed by atoms with van der Waals surface area (Å²) in [6.45, 7) is 12.4. The first kappa shape index (κ1) is 26.5. The van der Waals surface area contributed by atoms with Crippen molar-refractivity contribution < 1.29 is 4.74 Å². The number of aryl methyl sites for hydroxylation is 2. The van der Waals surface area contributed by atoms with E-state index in [-0.39, 0.29) is 30.0 Å². The van der Waals surface area contributed by atoms with Crippen LogP contribution in [0.15, 0.2) is 29.3 Å². The van der Waals surface area contributed by atoms with Gasteiger partial charge >= 0.3 is 0 Å². The lowest BCUT2D eigenvalue weighted by Crippen LogP contribution is -2.41. The van der Waals surface area contributed by atoms with E-state index in [0.29, 0.717) is 6.54 Å². The quantitative estimate of drug-likeness (QED) is 0.215. The van der Waals surface area contributed by atoms with Crippen molar-refractivity contribution in [3.8, 4) is 0 Å². The van der Waals surface area contributed by atoms with Gasteiger partial charge in [-0.1, -0.05) is 31.2 Å². The zero-order chi connectivity index (χ0) is 22.1. The molecule has 1 aromatic heterocycles. The summed E-state index contributed by atoms with van der Waals surface area (Å²) >= 11 is 0. The van der Waals surface area contributed by atoms with Crippen LogP contribution in [0.4, 0.5) is 0 Å². The topological polar surface area (TPSA) is 79.6 Å². The van der Waals surface area contributed by atoms with E-state index in [2.05, 4.69) is 63.8 Å². The Balaban J connectivity index is 0.00000363. The summed E-state index contributed by atoms with van der Waals surface area (Å²) in [7, 11) is 1.97. The summed E-state index contributed by atoms with van der Waals surface area (Å²) in [5.41, 5.74) is 2.60. The van der Waals surface area contributed by atoms with Gasteiger partial charge in [-0.3, -0.25) is 4.90 Å². The third-order valence-corrected chi connectivity index (χ3v) is 5.85. The molecule has 2 N–H and O–H groups in total. The molecule has 1 aliphatic heterocycles. The predicted molar refractivity (Wildman–Crippen MR) is 140 cm³/mol. The molecule has 0 aliphatic carbocycles.